The summed E-state index contributed by atoms with van der Waals surface area (Å²) in [5, 5.41) is 0.638. The molecule has 0 radical (unpaired) electrons. The van der Waals surface area contributed by atoms with Gasteiger partial charge < -0.3 is 4.74 Å². The van der Waals surface area contributed by atoms with Crippen molar-refractivity contribution in [2.45, 2.75) is 61.7 Å². The van der Waals surface area contributed by atoms with Gasteiger partial charge in [-0.15, -0.1) is 0 Å². The fraction of sp³-hybridized carbons (Fsp3) is 0.647. The second kappa shape index (κ2) is 7.19. The molecule has 4 nitrogen and oxygen atoms in total. The van der Waals surface area contributed by atoms with Crippen LogP contribution in [0.1, 0.15) is 45.4 Å². The zero-order chi connectivity index (χ0) is 16.3. The van der Waals surface area contributed by atoms with Gasteiger partial charge in [0.25, 0.3) is 0 Å². The molecule has 1 aromatic carbocycles. The number of hydrogen-bond acceptors (Lipinski definition) is 4. The Balaban J connectivity index is 1.64. The zero-order valence-corrected chi connectivity index (χ0v) is 15.0. The predicted molar refractivity (Wildman–Crippen MR) is 89.7 cm³/mol. The molecule has 1 saturated heterocycles. The van der Waals surface area contributed by atoms with Crippen LogP contribution >= 0.6 is 11.6 Å². The van der Waals surface area contributed by atoms with Gasteiger partial charge >= 0.3 is 0 Å². The van der Waals surface area contributed by atoms with E-state index in [9.17, 15) is 4.21 Å². The maximum atomic E-state index is 12.6. The Hall–Kier alpha value is -0.460. The van der Waals surface area contributed by atoms with E-state index in [0.29, 0.717) is 23.8 Å². The van der Waals surface area contributed by atoms with Crippen LogP contribution in [0.2, 0.25) is 5.02 Å². The lowest BCUT2D eigenvalue weighted by Gasteiger charge is -2.34. The molecule has 0 amide bonds. The molecule has 1 heterocycles. The molecule has 0 N–H and O–H groups in total. The van der Waals surface area contributed by atoms with E-state index in [2.05, 4.69) is 0 Å². The van der Waals surface area contributed by atoms with Crippen LogP contribution in [0.25, 0.3) is 0 Å². The van der Waals surface area contributed by atoms with Gasteiger partial charge in [-0.25, -0.2) is 9.78 Å². The molecule has 23 heavy (non-hydrogen) atoms. The van der Waals surface area contributed by atoms with Crippen molar-refractivity contribution in [3.05, 3.63) is 29.3 Å². The maximum absolute atomic E-state index is 12.6. The second-order valence-corrected chi connectivity index (χ2v) is 8.52. The third-order valence-corrected chi connectivity index (χ3v) is 6.44. The van der Waals surface area contributed by atoms with E-state index in [1.54, 1.807) is 24.3 Å². The second-order valence-electron chi connectivity index (χ2n) is 6.63. The third-order valence-electron chi connectivity index (χ3n) is 4.52. The van der Waals surface area contributed by atoms with Crippen molar-refractivity contribution in [1.29, 1.82) is 0 Å². The fourth-order valence-corrected chi connectivity index (χ4v) is 4.54. The molecule has 1 aromatic rings. The van der Waals surface area contributed by atoms with E-state index in [0.717, 1.165) is 30.6 Å². The van der Waals surface area contributed by atoms with Crippen molar-refractivity contribution >= 4 is 22.4 Å². The van der Waals surface area contributed by atoms with E-state index in [4.69, 9.17) is 26.1 Å². The average Bonchev–Trinajstić information content (AvgIpc) is 2.69. The molecule has 1 aliphatic carbocycles. The summed E-state index contributed by atoms with van der Waals surface area (Å²) < 4.78 is 18.6. The first-order valence-corrected chi connectivity index (χ1v) is 9.85. The number of ether oxygens (including phenoxy) is 1. The molecule has 2 unspecified atom stereocenters. The van der Waals surface area contributed by atoms with Crippen LogP contribution in [0, 0.1) is 0 Å². The van der Waals surface area contributed by atoms with Gasteiger partial charge in [-0.1, -0.05) is 18.0 Å². The lowest BCUT2D eigenvalue weighted by Crippen LogP contribution is -2.39. The molecule has 2 fully saturated rings. The highest BCUT2D eigenvalue weighted by Crippen LogP contribution is 2.37. The van der Waals surface area contributed by atoms with E-state index in [1.165, 1.54) is 6.42 Å². The summed E-state index contributed by atoms with van der Waals surface area (Å²) in [4.78, 5) is 12.2. The third kappa shape index (κ3) is 4.34. The number of hydrogen-bond donors (Lipinski definition) is 0. The number of rotatable bonds is 3. The van der Waals surface area contributed by atoms with Gasteiger partial charge in [-0.05, 0) is 44.0 Å². The Morgan fingerprint density at radius 2 is 1.78 bits per heavy atom. The monoisotopic (exact) mass is 358 g/mol. The quantitative estimate of drug-likeness (QED) is 0.758. The molecule has 3 rings (SSSR count). The van der Waals surface area contributed by atoms with E-state index in [1.807, 2.05) is 6.92 Å². The normalized spacial score (nSPS) is 29.1. The van der Waals surface area contributed by atoms with Crippen LogP contribution in [-0.2, 0) is 25.3 Å². The van der Waals surface area contributed by atoms with Gasteiger partial charge in [0.2, 0.25) is 5.79 Å². The van der Waals surface area contributed by atoms with E-state index in [-0.39, 0.29) is 0 Å². The van der Waals surface area contributed by atoms with Gasteiger partial charge in [0, 0.05) is 29.2 Å². The lowest BCUT2D eigenvalue weighted by atomic mass is 9.94. The van der Waals surface area contributed by atoms with Gasteiger partial charge in [-0.3, -0.25) is 4.21 Å². The van der Waals surface area contributed by atoms with Crippen LogP contribution in [-0.4, -0.2) is 28.0 Å². The summed E-state index contributed by atoms with van der Waals surface area (Å²) in [5.41, 5.74) is -0.620. The van der Waals surface area contributed by atoms with E-state index < -0.39 is 22.2 Å². The number of benzene rings is 1. The first kappa shape index (κ1) is 17.4. The summed E-state index contributed by atoms with van der Waals surface area (Å²) in [6.45, 7) is 2.50. The van der Waals surface area contributed by atoms with Gasteiger partial charge in [0.05, 0.1) is 23.2 Å². The van der Waals surface area contributed by atoms with Crippen LogP contribution < -0.4 is 0 Å². The lowest BCUT2D eigenvalue weighted by molar-refractivity contribution is -0.449. The first-order valence-electron chi connectivity index (χ1n) is 8.15. The highest BCUT2D eigenvalue weighted by molar-refractivity contribution is 7.85. The molecule has 128 valence electrons. The van der Waals surface area contributed by atoms with Crippen LogP contribution in [0.5, 0.6) is 0 Å². The SMILES string of the molecule is CC1(CS(=O)c2ccc(Cl)cc2)CCOC2(CCCCC2)OO1. The van der Waals surface area contributed by atoms with Gasteiger partial charge in [0.15, 0.2) is 0 Å². The van der Waals surface area contributed by atoms with Crippen LogP contribution in [0.4, 0.5) is 0 Å². The molecule has 0 aromatic heterocycles. The molecule has 0 bridgehead atoms. The van der Waals surface area contributed by atoms with Crippen molar-refractivity contribution in [3.63, 3.8) is 0 Å². The minimum atomic E-state index is -1.17. The molecule has 1 spiro atoms. The Morgan fingerprint density at radius 3 is 2.48 bits per heavy atom. The number of halogens is 1. The summed E-state index contributed by atoms with van der Waals surface area (Å²) >= 11 is 5.88. The predicted octanol–water partition coefficient (Wildman–Crippen LogP) is 4.24. The summed E-state index contributed by atoms with van der Waals surface area (Å²) in [7, 11) is -1.17. The Bertz CT molecular complexity index is 556. The minimum Gasteiger partial charge on any atom is -0.347 e. The molecule has 2 atom stereocenters. The van der Waals surface area contributed by atoms with Crippen molar-refractivity contribution in [1.82, 2.24) is 0 Å². The Labute approximate surface area is 144 Å². The van der Waals surface area contributed by atoms with Crippen LogP contribution in [0.15, 0.2) is 29.2 Å². The molecule has 1 saturated carbocycles. The average molecular weight is 359 g/mol. The van der Waals surface area contributed by atoms with Crippen molar-refractivity contribution in [2.24, 2.45) is 0 Å². The van der Waals surface area contributed by atoms with Gasteiger partial charge in [-0.2, -0.15) is 0 Å². The van der Waals surface area contributed by atoms with Crippen molar-refractivity contribution in [2.75, 3.05) is 12.4 Å². The molecular formula is C17H23ClO4S. The maximum Gasteiger partial charge on any atom is 0.201 e. The van der Waals surface area contributed by atoms with Crippen LogP contribution in [0.3, 0.4) is 0 Å². The summed E-state index contributed by atoms with van der Waals surface area (Å²) in [5.74, 6) is -0.230. The highest BCUT2D eigenvalue weighted by Gasteiger charge is 2.42. The zero-order valence-electron chi connectivity index (χ0n) is 13.4. The summed E-state index contributed by atoms with van der Waals surface area (Å²) in [6.07, 6.45) is 5.79. The smallest absolute Gasteiger partial charge is 0.201 e. The Morgan fingerprint density at radius 1 is 1.09 bits per heavy atom. The first-order chi connectivity index (χ1) is 11.0. The summed E-state index contributed by atoms with van der Waals surface area (Å²) in [6, 6.07) is 7.08. The molecule has 1 aliphatic heterocycles. The van der Waals surface area contributed by atoms with E-state index >= 15 is 0 Å². The fourth-order valence-electron chi connectivity index (χ4n) is 3.06. The molecule has 6 heteroatoms. The van der Waals surface area contributed by atoms with Gasteiger partial charge in [0.1, 0.15) is 5.60 Å². The molecule has 2 aliphatic rings. The molecular weight excluding hydrogens is 336 g/mol. The van der Waals surface area contributed by atoms with Crippen molar-refractivity contribution in [3.8, 4) is 0 Å². The topological polar surface area (TPSA) is 44.8 Å². The highest BCUT2D eigenvalue weighted by atomic mass is 35.5. The Kier molecular flexibility index (Phi) is 5.43. The van der Waals surface area contributed by atoms with Crippen molar-refractivity contribution < 1.29 is 18.7 Å². The minimum absolute atomic E-state index is 0.369. The largest absolute Gasteiger partial charge is 0.347 e. The standard InChI is InChI=1S/C17H23ClO4S/c1-16(13-23(19)15-7-5-14(18)6-8-15)11-12-20-17(22-21-16)9-3-2-4-10-17/h5-8H,2-4,9-13H2,1H3.